The Morgan fingerprint density at radius 3 is 2.32 bits per heavy atom. The van der Waals surface area contributed by atoms with Crippen molar-refractivity contribution in [2.75, 3.05) is 41.8 Å². The second-order valence-electron chi connectivity index (χ2n) is 6.67. The van der Waals surface area contributed by atoms with Gasteiger partial charge in [0.15, 0.2) is 0 Å². The molecule has 0 bridgehead atoms. The van der Waals surface area contributed by atoms with Gasteiger partial charge in [0.1, 0.15) is 0 Å². The Hall–Kier alpha value is -3.26. The number of morpholine rings is 1. The van der Waals surface area contributed by atoms with Crippen LogP contribution in [0.3, 0.4) is 0 Å². The number of rotatable bonds is 5. The van der Waals surface area contributed by atoms with Gasteiger partial charge in [0.2, 0.25) is 17.8 Å². The standard InChI is InChI=1S/C20H23N7O/c1-14-5-6-16(12-15(14)2)22-18-24-19(23-17-4-3-7-21-13-17)26-20(25-18)27-8-10-28-11-9-27/h3-7,12-13H,8-11H2,1-2H3,(H2,22,23,24,25,26). The summed E-state index contributed by atoms with van der Waals surface area (Å²) in [5.41, 5.74) is 4.21. The van der Waals surface area contributed by atoms with Crippen LogP contribution in [0.2, 0.25) is 0 Å². The van der Waals surface area contributed by atoms with E-state index in [4.69, 9.17) is 4.74 Å². The van der Waals surface area contributed by atoms with E-state index in [0.29, 0.717) is 31.1 Å². The summed E-state index contributed by atoms with van der Waals surface area (Å²) >= 11 is 0. The van der Waals surface area contributed by atoms with Crippen LogP contribution < -0.4 is 15.5 Å². The van der Waals surface area contributed by atoms with E-state index >= 15 is 0 Å². The molecule has 0 atom stereocenters. The van der Waals surface area contributed by atoms with E-state index in [0.717, 1.165) is 24.5 Å². The number of ether oxygens (including phenoxy) is 1. The molecule has 4 rings (SSSR count). The van der Waals surface area contributed by atoms with Gasteiger partial charge in [-0.05, 0) is 49.2 Å². The number of benzene rings is 1. The molecule has 0 aliphatic carbocycles. The van der Waals surface area contributed by atoms with Gasteiger partial charge in [0.25, 0.3) is 0 Å². The zero-order valence-electron chi connectivity index (χ0n) is 16.0. The van der Waals surface area contributed by atoms with Crippen LogP contribution in [0.4, 0.5) is 29.2 Å². The normalized spacial score (nSPS) is 14.0. The summed E-state index contributed by atoms with van der Waals surface area (Å²) in [5.74, 6) is 1.58. The predicted molar refractivity (Wildman–Crippen MR) is 110 cm³/mol. The molecule has 144 valence electrons. The van der Waals surface area contributed by atoms with E-state index < -0.39 is 0 Å². The molecule has 1 fully saturated rings. The number of aromatic nitrogens is 4. The lowest BCUT2D eigenvalue weighted by Gasteiger charge is -2.27. The molecule has 2 aromatic heterocycles. The molecule has 0 spiro atoms. The van der Waals surface area contributed by atoms with Gasteiger partial charge in [0, 0.05) is 25.0 Å². The highest BCUT2D eigenvalue weighted by atomic mass is 16.5. The minimum atomic E-state index is 0.468. The highest BCUT2D eigenvalue weighted by Gasteiger charge is 2.17. The molecule has 0 unspecified atom stereocenters. The van der Waals surface area contributed by atoms with Crippen LogP contribution in [0.5, 0.6) is 0 Å². The van der Waals surface area contributed by atoms with Crippen LogP contribution in [0, 0.1) is 13.8 Å². The monoisotopic (exact) mass is 377 g/mol. The molecule has 3 aromatic rings. The van der Waals surface area contributed by atoms with E-state index in [1.165, 1.54) is 11.1 Å². The number of hydrogen-bond acceptors (Lipinski definition) is 8. The van der Waals surface area contributed by atoms with Crippen molar-refractivity contribution in [3.63, 3.8) is 0 Å². The van der Waals surface area contributed by atoms with Gasteiger partial charge >= 0.3 is 0 Å². The molecule has 28 heavy (non-hydrogen) atoms. The van der Waals surface area contributed by atoms with Crippen molar-refractivity contribution in [3.8, 4) is 0 Å². The van der Waals surface area contributed by atoms with Crippen LogP contribution in [0.25, 0.3) is 0 Å². The fraction of sp³-hybridized carbons (Fsp3) is 0.300. The van der Waals surface area contributed by atoms with Gasteiger partial charge < -0.3 is 20.3 Å². The first-order valence-corrected chi connectivity index (χ1v) is 9.27. The lowest BCUT2D eigenvalue weighted by atomic mass is 10.1. The zero-order valence-corrected chi connectivity index (χ0v) is 16.0. The van der Waals surface area contributed by atoms with Crippen LogP contribution in [-0.4, -0.2) is 46.2 Å². The minimum Gasteiger partial charge on any atom is -0.378 e. The highest BCUT2D eigenvalue weighted by molar-refractivity contribution is 5.60. The maximum Gasteiger partial charge on any atom is 0.233 e. The second-order valence-corrected chi connectivity index (χ2v) is 6.67. The van der Waals surface area contributed by atoms with E-state index in [9.17, 15) is 0 Å². The quantitative estimate of drug-likeness (QED) is 0.701. The third-order valence-electron chi connectivity index (χ3n) is 4.60. The first kappa shape index (κ1) is 18.1. The van der Waals surface area contributed by atoms with Crippen molar-refractivity contribution in [2.24, 2.45) is 0 Å². The summed E-state index contributed by atoms with van der Waals surface area (Å²) < 4.78 is 5.44. The molecule has 0 amide bonds. The first-order chi connectivity index (χ1) is 13.7. The largest absolute Gasteiger partial charge is 0.378 e. The summed E-state index contributed by atoms with van der Waals surface area (Å²) in [4.78, 5) is 20.0. The summed E-state index contributed by atoms with van der Waals surface area (Å²) in [5, 5.41) is 6.51. The maximum atomic E-state index is 5.44. The van der Waals surface area contributed by atoms with Gasteiger partial charge in [-0.1, -0.05) is 6.07 Å². The fourth-order valence-electron chi connectivity index (χ4n) is 2.90. The summed E-state index contributed by atoms with van der Waals surface area (Å²) in [7, 11) is 0. The Kier molecular flexibility index (Phi) is 5.29. The SMILES string of the molecule is Cc1ccc(Nc2nc(Nc3cccnc3)nc(N3CCOCC3)n2)cc1C. The molecule has 1 aliphatic rings. The smallest absolute Gasteiger partial charge is 0.233 e. The third kappa shape index (κ3) is 4.34. The molecule has 2 N–H and O–H groups in total. The summed E-state index contributed by atoms with van der Waals surface area (Å²) in [6.45, 7) is 7.00. The van der Waals surface area contributed by atoms with Crippen molar-refractivity contribution in [2.45, 2.75) is 13.8 Å². The minimum absolute atomic E-state index is 0.468. The van der Waals surface area contributed by atoms with E-state index in [1.54, 1.807) is 12.4 Å². The fourth-order valence-corrected chi connectivity index (χ4v) is 2.90. The number of nitrogens with one attached hydrogen (secondary N) is 2. The highest BCUT2D eigenvalue weighted by Crippen LogP contribution is 2.22. The molecular formula is C20H23N7O. The van der Waals surface area contributed by atoms with Crippen LogP contribution in [-0.2, 0) is 4.74 Å². The molecular weight excluding hydrogens is 354 g/mol. The first-order valence-electron chi connectivity index (χ1n) is 9.27. The topological polar surface area (TPSA) is 88.1 Å². The molecule has 3 heterocycles. The lowest BCUT2D eigenvalue weighted by molar-refractivity contribution is 0.122. The molecule has 0 saturated carbocycles. The van der Waals surface area contributed by atoms with Crippen LogP contribution >= 0.6 is 0 Å². The molecule has 1 aromatic carbocycles. The Balaban J connectivity index is 1.65. The van der Waals surface area contributed by atoms with Crippen molar-refractivity contribution in [3.05, 3.63) is 53.9 Å². The van der Waals surface area contributed by atoms with Crippen LogP contribution in [0.1, 0.15) is 11.1 Å². The molecule has 8 heteroatoms. The van der Waals surface area contributed by atoms with E-state index in [-0.39, 0.29) is 0 Å². The van der Waals surface area contributed by atoms with E-state index in [2.05, 4.69) is 61.4 Å². The average molecular weight is 377 g/mol. The Morgan fingerprint density at radius 2 is 1.64 bits per heavy atom. The zero-order chi connectivity index (χ0) is 19.3. The van der Waals surface area contributed by atoms with Gasteiger partial charge in [-0.25, -0.2) is 0 Å². The van der Waals surface area contributed by atoms with E-state index in [1.807, 2.05) is 18.2 Å². The van der Waals surface area contributed by atoms with Crippen LogP contribution in [0.15, 0.2) is 42.7 Å². The van der Waals surface area contributed by atoms with Crippen molar-refractivity contribution in [1.29, 1.82) is 0 Å². The molecule has 1 aliphatic heterocycles. The molecule has 1 saturated heterocycles. The summed E-state index contributed by atoms with van der Waals surface area (Å²) in [6.07, 6.45) is 3.46. The molecule has 0 radical (unpaired) electrons. The second kappa shape index (κ2) is 8.18. The predicted octanol–water partition coefficient (Wildman–Crippen LogP) is 3.21. The van der Waals surface area contributed by atoms with Gasteiger partial charge in [-0.3, -0.25) is 4.98 Å². The van der Waals surface area contributed by atoms with Gasteiger partial charge in [-0.2, -0.15) is 15.0 Å². The third-order valence-corrected chi connectivity index (χ3v) is 4.60. The summed E-state index contributed by atoms with van der Waals surface area (Å²) in [6, 6.07) is 9.97. The van der Waals surface area contributed by atoms with Crippen molar-refractivity contribution >= 4 is 29.2 Å². The number of hydrogen-bond donors (Lipinski definition) is 2. The van der Waals surface area contributed by atoms with Gasteiger partial charge in [0.05, 0.1) is 25.1 Å². The Bertz CT molecular complexity index is 943. The number of anilines is 5. The number of aryl methyl sites for hydroxylation is 2. The van der Waals surface area contributed by atoms with Crippen molar-refractivity contribution in [1.82, 2.24) is 19.9 Å². The maximum absolute atomic E-state index is 5.44. The Morgan fingerprint density at radius 1 is 0.893 bits per heavy atom. The molecule has 8 nitrogen and oxygen atoms in total. The Labute approximate surface area is 164 Å². The average Bonchev–Trinajstić information content (AvgIpc) is 2.72. The number of nitrogens with zero attached hydrogens (tertiary/aromatic N) is 5. The van der Waals surface area contributed by atoms with Crippen molar-refractivity contribution < 1.29 is 4.74 Å². The van der Waals surface area contributed by atoms with Gasteiger partial charge in [-0.15, -0.1) is 0 Å². The number of pyridine rings is 1. The lowest BCUT2D eigenvalue weighted by Crippen LogP contribution is -2.37.